The summed E-state index contributed by atoms with van der Waals surface area (Å²) in [4.78, 5) is 14.9. The van der Waals surface area contributed by atoms with Crippen molar-refractivity contribution < 1.29 is 9.90 Å². The van der Waals surface area contributed by atoms with E-state index in [4.69, 9.17) is 19.4 Å². The Morgan fingerprint density at radius 1 is 0.469 bits per heavy atom. The van der Waals surface area contributed by atoms with Crippen molar-refractivity contribution in [2.75, 3.05) is 0 Å². The van der Waals surface area contributed by atoms with Crippen LogP contribution < -0.4 is 0 Å². The first-order chi connectivity index (χ1) is 25.7. The van der Waals surface area contributed by atoms with Gasteiger partial charge in [0.25, 0.3) is 0 Å². The lowest BCUT2D eigenvalue weighted by molar-refractivity contribution is 0.353. The van der Waals surface area contributed by atoms with Crippen LogP contribution in [-0.4, -0.2) is 15.0 Å². The smallest absolute Gasteiger partial charge is 0.164 e. The van der Waals surface area contributed by atoms with Gasteiger partial charge in [0.2, 0.25) is 0 Å². The highest BCUT2D eigenvalue weighted by molar-refractivity contribution is 6.12. The van der Waals surface area contributed by atoms with Gasteiger partial charge in [-0.15, -0.1) is 0 Å². The number of aromatic nitrogens is 3. The number of hydrogen-bond acceptors (Lipinski definition) is 4. The number of rotatable bonds is 4. The van der Waals surface area contributed by atoms with Gasteiger partial charge in [0, 0.05) is 38.4 Å². The first kappa shape index (κ1) is 24.3. The summed E-state index contributed by atoms with van der Waals surface area (Å²) in [7, 11) is 0. The van der Waals surface area contributed by atoms with E-state index in [1.54, 1.807) is 0 Å². The van der Waals surface area contributed by atoms with E-state index in [1.165, 1.54) is 0 Å². The van der Waals surface area contributed by atoms with Gasteiger partial charge in [0.1, 0.15) is 11.2 Å². The van der Waals surface area contributed by atoms with E-state index in [9.17, 15) is 5.48 Å². The second-order valence-corrected chi connectivity index (χ2v) is 12.8. The summed E-state index contributed by atoms with van der Waals surface area (Å²) in [5.41, 5.74) is 7.69. The highest BCUT2D eigenvalue weighted by atomic mass is 16.3. The molecular weight excluding hydrogens is 599 g/mol. The Labute approximate surface area is 290 Å². The largest absolute Gasteiger partial charge is 0.456 e. The Morgan fingerprint density at radius 2 is 1.08 bits per heavy atom. The second kappa shape index (κ2) is 11.1. The van der Waals surface area contributed by atoms with Crippen LogP contribution in [0.4, 0.5) is 0 Å². The van der Waals surface area contributed by atoms with Gasteiger partial charge >= 0.3 is 0 Å². The second-order valence-electron chi connectivity index (χ2n) is 12.8. The van der Waals surface area contributed by atoms with Crippen molar-refractivity contribution in [2.24, 2.45) is 0 Å². The summed E-state index contributed by atoms with van der Waals surface area (Å²) >= 11 is 0. The standard InChI is InChI=1S/C45H33N3O/c1-4-13-29(14-5-1)42-46-43(30-15-6-2-7-16-30)48-44(47-42)35-18-12-20-40-41(35)36-27-31(22-24-39(36)49-40)32-21-23-34-33-17-8-9-19-37(33)45(38(34)28-32)25-10-3-11-26-45/h1-2,4-9,12-24,27-28H,3,10-11,25-26H2/i25D2,26D2. The SMILES string of the molecule is [2H]C1([2H])CCCC([2H])([2H])C12c1ccccc1-c1ccc(-c3ccc4oc5cccc(-c6nc(-c7ccccc7)nc(-c7ccccc7)n6)c5c4c3)cc12. The van der Waals surface area contributed by atoms with Crippen LogP contribution in [0, 0.1) is 0 Å². The topological polar surface area (TPSA) is 51.8 Å². The minimum atomic E-state index is -1.78. The number of fused-ring (bicyclic) bond motifs is 8. The lowest BCUT2D eigenvalue weighted by Crippen LogP contribution is -2.28. The Kier molecular flexibility index (Phi) is 5.50. The van der Waals surface area contributed by atoms with Crippen LogP contribution in [0.15, 0.2) is 144 Å². The monoisotopic (exact) mass is 635 g/mol. The fourth-order valence-corrected chi connectivity index (χ4v) is 7.66. The van der Waals surface area contributed by atoms with E-state index in [0.717, 1.165) is 66.4 Å². The number of hydrogen-bond donors (Lipinski definition) is 0. The molecule has 0 atom stereocenters. The van der Waals surface area contributed by atoms with Gasteiger partial charge in [-0.3, -0.25) is 0 Å². The lowest BCUT2D eigenvalue weighted by Gasteiger charge is -2.36. The molecule has 8 aromatic rings. The van der Waals surface area contributed by atoms with Crippen molar-refractivity contribution in [1.82, 2.24) is 15.0 Å². The van der Waals surface area contributed by atoms with Gasteiger partial charge in [-0.2, -0.15) is 0 Å². The van der Waals surface area contributed by atoms with Crippen LogP contribution in [0.25, 0.3) is 78.4 Å². The lowest BCUT2D eigenvalue weighted by atomic mass is 9.67. The molecule has 1 fully saturated rings. The van der Waals surface area contributed by atoms with Crippen LogP contribution in [0.2, 0.25) is 0 Å². The third-order valence-corrected chi connectivity index (χ3v) is 9.95. The third-order valence-electron chi connectivity index (χ3n) is 9.95. The van der Waals surface area contributed by atoms with Crippen LogP contribution in [-0.2, 0) is 5.41 Å². The predicted molar refractivity (Wildman–Crippen MR) is 198 cm³/mol. The molecule has 0 amide bonds. The highest BCUT2D eigenvalue weighted by Gasteiger charge is 2.43. The van der Waals surface area contributed by atoms with Crippen LogP contribution in [0.5, 0.6) is 0 Å². The molecule has 0 saturated heterocycles. The van der Waals surface area contributed by atoms with Gasteiger partial charge in [-0.25, -0.2) is 15.0 Å². The molecule has 4 nitrogen and oxygen atoms in total. The van der Waals surface area contributed by atoms with Crippen molar-refractivity contribution in [3.05, 3.63) is 151 Å². The Morgan fingerprint density at radius 3 is 1.84 bits per heavy atom. The molecule has 0 N–H and O–H groups in total. The normalized spacial score (nSPS) is 18.0. The molecule has 4 heteroatoms. The number of furan rings is 1. The molecule has 0 bridgehead atoms. The minimum absolute atomic E-state index is 0.301. The first-order valence-electron chi connectivity index (χ1n) is 18.8. The van der Waals surface area contributed by atoms with E-state index in [0.29, 0.717) is 42.3 Å². The molecule has 6 aromatic carbocycles. The maximum atomic E-state index is 9.38. The summed E-state index contributed by atoms with van der Waals surface area (Å²) < 4.78 is 44.0. The molecule has 2 aliphatic carbocycles. The van der Waals surface area contributed by atoms with Crippen LogP contribution in [0.1, 0.15) is 48.6 Å². The maximum Gasteiger partial charge on any atom is 0.164 e. The Balaban J connectivity index is 1.17. The van der Waals surface area contributed by atoms with Crippen LogP contribution >= 0.6 is 0 Å². The van der Waals surface area contributed by atoms with Crippen molar-refractivity contribution in [3.8, 4) is 56.4 Å². The summed E-state index contributed by atoms with van der Waals surface area (Å²) in [6, 6.07) is 45.8. The van der Waals surface area contributed by atoms with E-state index in [2.05, 4.69) is 12.1 Å². The average molecular weight is 636 g/mol. The Hall–Kier alpha value is -5.87. The summed E-state index contributed by atoms with van der Waals surface area (Å²) in [5.74, 6) is 1.70. The van der Waals surface area contributed by atoms with E-state index >= 15 is 0 Å². The molecular formula is C45H33N3O. The van der Waals surface area contributed by atoms with E-state index in [-0.39, 0.29) is 0 Å². The number of nitrogens with zero attached hydrogens (tertiary/aromatic N) is 3. The van der Waals surface area contributed by atoms with Gasteiger partial charge < -0.3 is 4.42 Å². The molecule has 49 heavy (non-hydrogen) atoms. The molecule has 2 aliphatic rings. The zero-order valence-corrected chi connectivity index (χ0v) is 26.7. The van der Waals surface area contributed by atoms with Crippen molar-refractivity contribution in [2.45, 2.75) is 37.4 Å². The van der Waals surface area contributed by atoms with Crippen molar-refractivity contribution in [1.29, 1.82) is 0 Å². The summed E-state index contributed by atoms with van der Waals surface area (Å²) in [5, 5.41) is 1.79. The van der Waals surface area contributed by atoms with Gasteiger partial charge in [-0.1, -0.05) is 135 Å². The molecule has 10 rings (SSSR count). The van der Waals surface area contributed by atoms with Crippen molar-refractivity contribution >= 4 is 21.9 Å². The minimum Gasteiger partial charge on any atom is -0.456 e. The maximum absolute atomic E-state index is 9.38. The number of benzene rings is 6. The fourth-order valence-electron chi connectivity index (χ4n) is 7.66. The van der Waals surface area contributed by atoms with Gasteiger partial charge in [-0.05, 0) is 70.4 Å². The van der Waals surface area contributed by atoms with Crippen LogP contribution in [0.3, 0.4) is 0 Å². The Bertz CT molecular complexity index is 2650. The predicted octanol–water partition coefficient (Wildman–Crippen LogP) is 11.7. The molecule has 2 aromatic heterocycles. The van der Waals surface area contributed by atoms with E-state index in [1.807, 2.05) is 127 Å². The van der Waals surface area contributed by atoms with Gasteiger partial charge in [0.15, 0.2) is 17.5 Å². The first-order valence-corrected chi connectivity index (χ1v) is 16.8. The molecule has 0 unspecified atom stereocenters. The quantitative estimate of drug-likeness (QED) is 0.193. The fraction of sp³-hybridized carbons (Fsp3) is 0.133. The van der Waals surface area contributed by atoms with Crippen molar-refractivity contribution in [3.63, 3.8) is 0 Å². The summed E-state index contributed by atoms with van der Waals surface area (Å²) in [6.45, 7) is 0. The van der Waals surface area contributed by atoms with Gasteiger partial charge in [0.05, 0.1) is 0 Å². The highest BCUT2D eigenvalue weighted by Crippen LogP contribution is 2.56. The average Bonchev–Trinajstić information content (AvgIpc) is 3.71. The zero-order chi connectivity index (χ0) is 36.0. The molecule has 2 heterocycles. The van der Waals surface area contributed by atoms with E-state index < -0.39 is 18.2 Å². The zero-order valence-electron chi connectivity index (χ0n) is 30.7. The third kappa shape index (κ3) is 4.48. The molecule has 1 saturated carbocycles. The molecule has 234 valence electrons. The molecule has 0 radical (unpaired) electrons. The molecule has 0 aliphatic heterocycles. The summed E-state index contributed by atoms with van der Waals surface area (Å²) in [6.07, 6.45) is -2.46. The molecule has 1 spiro atoms.